The Morgan fingerprint density at radius 3 is 2.50 bits per heavy atom. The van der Waals surface area contributed by atoms with Gasteiger partial charge in [-0.3, -0.25) is 0 Å². The summed E-state index contributed by atoms with van der Waals surface area (Å²) >= 11 is 0. The van der Waals surface area contributed by atoms with Crippen LogP contribution >= 0.6 is 0 Å². The van der Waals surface area contributed by atoms with Gasteiger partial charge < -0.3 is 13.9 Å². The average molecular weight is 320 g/mol. The van der Waals surface area contributed by atoms with Crippen molar-refractivity contribution < 1.29 is 13.9 Å². The second kappa shape index (κ2) is 5.34. The molecule has 0 aliphatic rings. The third-order valence-corrected chi connectivity index (χ3v) is 3.69. The van der Waals surface area contributed by atoms with E-state index < -0.39 is 5.63 Å². The van der Waals surface area contributed by atoms with Crippen molar-refractivity contribution in [1.29, 1.82) is 0 Å². The fraction of sp³-hybridized carbons (Fsp3) is 0.0556. The molecule has 0 saturated carbocycles. The lowest BCUT2D eigenvalue weighted by atomic mass is 10.2. The van der Waals surface area contributed by atoms with E-state index in [9.17, 15) is 9.90 Å². The number of azo groups is 1. The number of fused-ring (bicyclic) bond motifs is 3. The Morgan fingerprint density at radius 2 is 1.71 bits per heavy atom. The number of para-hydroxylation sites is 1. The van der Waals surface area contributed by atoms with Gasteiger partial charge in [0.25, 0.3) is 5.88 Å². The third kappa shape index (κ3) is 2.25. The van der Waals surface area contributed by atoms with E-state index in [1.165, 1.54) is 0 Å². The van der Waals surface area contributed by atoms with Crippen molar-refractivity contribution in [2.75, 3.05) is 0 Å². The number of hydrogen-bond donors (Lipinski definition) is 1. The smallest absolute Gasteiger partial charge is 0.351 e. The summed E-state index contributed by atoms with van der Waals surface area (Å²) < 4.78 is 10.8. The number of furan rings is 1. The van der Waals surface area contributed by atoms with Gasteiger partial charge in [0.1, 0.15) is 5.58 Å². The molecule has 0 amide bonds. The summed E-state index contributed by atoms with van der Waals surface area (Å²) in [6, 6.07) is 14.3. The molecule has 0 bridgehead atoms. The van der Waals surface area contributed by atoms with Crippen LogP contribution in [0.4, 0.5) is 11.6 Å². The predicted molar refractivity (Wildman–Crippen MR) is 89.3 cm³/mol. The number of aryl methyl sites for hydroxylation is 1. The van der Waals surface area contributed by atoms with Crippen LogP contribution in [0.3, 0.4) is 0 Å². The van der Waals surface area contributed by atoms with E-state index >= 15 is 0 Å². The first kappa shape index (κ1) is 14.2. The zero-order valence-electron chi connectivity index (χ0n) is 12.7. The molecule has 6 nitrogen and oxygen atoms in total. The van der Waals surface area contributed by atoms with Crippen LogP contribution in [0, 0.1) is 6.92 Å². The summed E-state index contributed by atoms with van der Waals surface area (Å²) in [6.45, 7) is 1.97. The van der Waals surface area contributed by atoms with Crippen molar-refractivity contribution in [2.45, 2.75) is 6.92 Å². The van der Waals surface area contributed by atoms with E-state index in [0.29, 0.717) is 16.7 Å². The molecule has 0 fully saturated rings. The topological polar surface area (TPSA) is 88.3 Å². The summed E-state index contributed by atoms with van der Waals surface area (Å²) in [5.74, 6) is -0.505. The largest absolute Gasteiger partial charge is 0.502 e. The molecule has 0 atom stereocenters. The summed E-state index contributed by atoms with van der Waals surface area (Å²) in [7, 11) is 0. The van der Waals surface area contributed by atoms with Crippen molar-refractivity contribution in [3.8, 4) is 5.75 Å². The van der Waals surface area contributed by atoms with E-state index in [1.807, 2.05) is 19.1 Å². The molecule has 0 aliphatic carbocycles. The Balaban J connectivity index is 1.89. The molecular formula is C18H12N2O4. The van der Waals surface area contributed by atoms with Crippen LogP contribution in [0.5, 0.6) is 5.75 Å². The zero-order valence-corrected chi connectivity index (χ0v) is 12.7. The monoisotopic (exact) mass is 320 g/mol. The second-order valence-corrected chi connectivity index (χ2v) is 5.38. The quantitative estimate of drug-likeness (QED) is 0.417. The number of benzene rings is 2. The highest BCUT2D eigenvalue weighted by molar-refractivity contribution is 6.04. The van der Waals surface area contributed by atoms with Crippen LogP contribution < -0.4 is 5.63 Å². The normalized spacial score (nSPS) is 11.7. The lowest BCUT2D eigenvalue weighted by Crippen LogP contribution is -1.97. The van der Waals surface area contributed by atoms with Gasteiger partial charge in [0.05, 0.1) is 11.1 Å². The van der Waals surface area contributed by atoms with E-state index in [0.717, 1.165) is 5.56 Å². The lowest BCUT2D eigenvalue weighted by molar-refractivity contribution is 0.466. The Hall–Kier alpha value is -3.41. The summed E-state index contributed by atoms with van der Waals surface area (Å²) in [4.78, 5) is 12.1. The molecule has 118 valence electrons. The highest BCUT2D eigenvalue weighted by atomic mass is 16.4. The second-order valence-electron chi connectivity index (χ2n) is 5.38. The van der Waals surface area contributed by atoms with Gasteiger partial charge in [-0.05, 0) is 31.2 Å². The van der Waals surface area contributed by atoms with Crippen molar-refractivity contribution in [2.24, 2.45) is 10.2 Å². The maximum Gasteiger partial charge on any atom is 0.351 e. The molecule has 1 N–H and O–H groups in total. The van der Waals surface area contributed by atoms with Gasteiger partial charge in [0.2, 0.25) is 0 Å². The van der Waals surface area contributed by atoms with E-state index in [-0.39, 0.29) is 22.6 Å². The van der Waals surface area contributed by atoms with Crippen molar-refractivity contribution >= 4 is 33.5 Å². The average Bonchev–Trinajstić information content (AvgIpc) is 2.92. The molecular weight excluding hydrogens is 308 g/mol. The van der Waals surface area contributed by atoms with Crippen molar-refractivity contribution in [3.05, 3.63) is 64.5 Å². The van der Waals surface area contributed by atoms with Gasteiger partial charge in [-0.2, -0.15) is 0 Å². The van der Waals surface area contributed by atoms with Crippen LogP contribution in [-0.2, 0) is 0 Å². The molecule has 4 aromatic rings. The highest BCUT2D eigenvalue weighted by Gasteiger charge is 2.20. The van der Waals surface area contributed by atoms with Crippen molar-refractivity contribution in [1.82, 2.24) is 0 Å². The fourth-order valence-electron chi connectivity index (χ4n) is 2.47. The van der Waals surface area contributed by atoms with Crippen LogP contribution in [0.25, 0.3) is 21.9 Å². The first-order chi connectivity index (χ1) is 11.6. The minimum atomic E-state index is -0.679. The molecule has 0 saturated heterocycles. The Kier molecular flexibility index (Phi) is 3.16. The van der Waals surface area contributed by atoms with Crippen LogP contribution in [0.1, 0.15) is 5.56 Å². The first-order valence-electron chi connectivity index (χ1n) is 7.29. The van der Waals surface area contributed by atoms with Gasteiger partial charge in [-0.1, -0.05) is 29.8 Å². The van der Waals surface area contributed by atoms with Gasteiger partial charge in [-0.25, -0.2) is 4.79 Å². The van der Waals surface area contributed by atoms with E-state index in [1.54, 1.807) is 36.4 Å². The van der Waals surface area contributed by atoms with Gasteiger partial charge in [0, 0.05) is 0 Å². The molecule has 0 radical (unpaired) electrons. The summed E-state index contributed by atoms with van der Waals surface area (Å²) in [6.07, 6.45) is 0. The maximum absolute atomic E-state index is 12.1. The Bertz CT molecular complexity index is 1140. The Labute approximate surface area is 135 Å². The van der Waals surface area contributed by atoms with Gasteiger partial charge in [-0.15, -0.1) is 10.2 Å². The zero-order chi connectivity index (χ0) is 16.7. The van der Waals surface area contributed by atoms with Crippen LogP contribution in [0.2, 0.25) is 0 Å². The van der Waals surface area contributed by atoms with E-state index in [4.69, 9.17) is 8.83 Å². The van der Waals surface area contributed by atoms with Crippen molar-refractivity contribution in [3.63, 3.8) is 0 Å². The minimum absolute atomic E-state index is 0.0356. The molecule has 2 aromatic heterocycles. The SMILES string of the molecule is Cc1ccc(N=Nc2oc3c(c2O)c(=O)oc2ccccc23)cc1. The molecule has 0 unspecified atom stereocenters. The first-order valence-corrected chi connectivity index (χ1v) is 7.29. The molecule has 24 heavy (non-hydrogen) atoms. The van der Waals surface area contributed by atoms with Gasteiger partial charge in [0.15, 0.2) is 16.7 Å². The minimum Gasteiger partial charge on any atom is -0.502 e. The predicted octanol–water partition coefficient (Wildman–Crippen LogP) is 4.97. The number of hydrogen-bond acceptors (Lipinski definition) is 6. The van der Waals surface area contributed by atoms with Crippen LogP contribution in [0.15, 0.2) is 72.4 Å². The molecule has 2 aromatic carbocycles. The van der Waals surface area contributed by atoms with E-state index in [2.05, 4.69) is 10.2 Å². The third-order valence-electron chi connectivity index (χ3n) is 3.69. The number of aromatic hydroxyl groups is 1. The summed E-state index contributed by atoms with van der Waals surface area (Å²) in [5, 5.41) is 18.7. The number of rotatable bonds is 2. The molecule has 4 rings (SSSR count). The van der Waals surface area contributed by atoms with Crippen LogP contribution in [-0.4, -0.2) is 5.11 Å². The maximum atomic E-state index is 12.1. The summed E-state index contributed by atoms with van der Waals surface area (Å²) in [5.41, 5.74) is 1.65. The lowest BCUT2D eigenvalue weighted by Gasteiger charge is -1.95. The molecule has 0 spiro atoms. The Morgan fingerprint density at radius 1 is 0.958 bits per heavy atom. The molecule has 6 heteroatoms. The molecule has 0 aliphatic heterocycles. The molecule has 2 heterocycles. The number of nitrogens with zero attached hydrogens (tertiary/aromatic N) is 2. The highest BCUT2D eigenvalue weighted by Crippen LogP contribution is 2.39. The van der Waals surface area contributed by atoms with Gasteiger partial charge >= 0.3 is 5.63 Å². The fourth-order valence-corrected chi connectivity index (χ4v) is 2.47. The standard InChI is InChI=1S/C18H12N2O4/c1-10-6-8-11(9-7-10)19-20-17-15(21)14-16(24-17)12-4-2-3-5-13(12)23-18(14)22/h2-9,21H,1H3.